The van der Waals surface area contributed by atoms with E-state index in [9.17, 15) is 5.11 Å². The lowest BCUT2D eigenvalue weighted by atomic mass is 10.2. The number of aliphatic hydroxyl groups excluding tert-OH is 1. The fourth-order valence-electron chi connectivity index (χ4n) is 1.07. The van der Waals surface area contributed by atoms with Gasteiger partial charge in [-0.25, -0.2) is 0 Å². The lowest BCUT2D eigenvalue weighted by Crippen LogP contribution is -2.08. The number of rotatable bonds is 3. The Morgan fingerprint density at radius 3 is 2.62 bits per heavy atom. The highest BCUT2D eigenvalue weighted by Crippen LogP contribution is 2.24. The molecule has 1 aromatic rings. The first-order valence-electron chi connectivity index (χ1n) is 4.40. The van der Waals surface area contributed by atoms with Gasteiger partial charge in [0.2, 0.25) is 0 Å². The van der Waals surface area contributed by atoms with Crippen molar-refractivity contribution in [2.75, 3.05) is 0 Å². The molecule has 3 heteroatoms. The van der Waals surface area contributed by atoms with Gasteiger partial charge in [-0.3, -0.25) is 4.98 Å². The van der Waals surface area contributed by atoms with E-state index >= 15 is 0 Å². The van der Waals surface area contributed by atoms with E-state index in [1.165, 1.54) is 0 Å². The van der Waals surface area contributed by atoms with E-state index < -0.39 is 6.10 Å². The molecule has 1 heterocycles. The predicted octanol–water partition coefficient (Wildman–Crippen LogP) is 1.92. The fraction of sp³-hybridized carbons (Fsp3) is 0.500. The van der Waals surface area contributed by atoms with Crippen LogP contribution >= 0.6 is 0 Å². The van der Waals surface area contributed by atoms with Gasteiger partial charge in [0, 0.05) is 18.0 Å². The average Bonchev–Trinajstić information content (AvgIpc) is 2.03. The molecule has 3 nitrogen and oxygen atoms in total. The van der Waals surface area contributed by atoms with Gasteiger partial charge in [0.15, 0.2) is 0 Å². The third-order valence-corrected chi connectivity index (χ3v) is 1.62. The summed E-state index contributed by atoms with van der Waals surface area (Å²) in [4.78, 5) is 3.93. The molecule has 72 valence electrons. The Hall–Kier alpha value is -1.09. The molecule has 0 spiro atoms. The van der Waals surface area contributed by atoms with Crippen LogP contribution < -0.4 is 4.74 Å². The van der Waals surface area contributed by atoms with Crippen LogP contribution in [0.15, 0.2) is 18.5 Å². The van der Waals surface area contributed by atoms with E-state index in [1.807, 2.05) is 13.8 Å². The first kappa shape index (κ1) is 9.99. The van der Waals surface area contributed by atoms with Crippen LogP contribution in [0.25, 0.3) is 0 Å². The fourth-order valence-corrected chi connectivity index (χ4v) is 1.07. The van der Waals surface area contributed by atoms with E-state index in [0.29, 0.717) is 5.75 Å². The van der Waals surface area contributed by atoms with Crippen molar-refractivity contribution < 1.29 is 9.84 Å². The lowest BCUT2D eigenvalue weighted by Gasteiger charge is -2.14. The minimum atomic E-state index is -0.539. The standard InChI is InChI=1S/C10H15NO2/c1-7(2)13-10-4-5-11-6-9(10)8(3)12/h4-8,12H,1-3H3. The first-order chi connectivity index (χ1) is 6.11. The third kappa shape index (κ3) is 2.70. The molecule has 0 radical (unpaired) electrons. The molecular weight excluding hydrogens is 166 g/mol. The minimum absolute atomic E-state index is 0.111. The van der Waals surface area contributed by atoms with Crippen LogP contribution in [0.3, 0.4) is 0 Å². The number of hydrogen-bond acceptors (Lipinski definition) is 3. The van der Waals surface area contributed by atoms with Crippen molar-refractivity contribution in [2.24, 2.45) is 0 Å². The Bertz CT molecular complexity index is 271. The largest absolute Gasteiger partial charge is 0.491 e. The van der Waals surface area contributed by atoms with Crippen molar-refractivity contribution in [1.82, 2.24) is 4.98 Å². The molecule has 1 rings (SSSR count). The van der Waals surface area contributed by atoms with Gasteiger partial charge in [0.1, 0.15) is 5.75 Å². The Morgan fingerprint density at radius 1 is 1.38 bits per heavy atom. The van der Waals surface area contributed by atoms with E-state index in [2.05, 4.69) is 4.98 Å². The highest BCUT2D eigenvalue weighted by atomic mass is 16.5. The molecule has 0 bridgehead atoms. The van der Waals surface area contributed by atoms with E-state index in [4.69, 9.17) is 4.74 Å². The summed E-state index contributed by atoms with van der Waals surface area (Å²) in [6.07, 6.45) is 2.86. The second-order valence-electron chi connectivity index (χ2n) is 3.26. The second kappa shape index (κ2) is 4.23. The summed E-state index contributed by atoms with van der Waals surface area (Å²) in [6.45, 7) is 5.60. The second-order valence-corrected chi connectivity index (χ2v) is 3.26. The van der Waals surface area contributed by atoms with Crippen LogP contribution in [0.2, 0.25) is 0 Å². The van der Waals surface area contributed by atoms with Gasteiger partial charge in [-0.1, -0.05) is 0 Å². The zero-order valence-corrected chi connectivity index (χ0v) is 8.19. The summed E-state index contributed by atoms with van der Waals surface area (Å²) in [6, 6.07) is 1.77. The molecule has 0 saturated heterocycles. The van der Waals surface area contributed by atoms with Crippen molar-refractivity contribution in [3.8, 4) is 5.75 Å². The number of hydrogen-bond donors (Lipinski definition) is 1. The van der Waals surface area contributed by atoms with Gasteiger partial charge in [-0.2, -0.15) is 0 Å². The number of ether oxygens (including phenoxy) is 1. The first-order valence-corrected chi connectivity index (χ1v) is 4.40. The molecule has 0 saturated carbocycles. The Kier molecular flexibility index (Phi) is 3.25. The van der Waals surface area contributed by atoms with Gasteiger partial charge < -0.3 is 9.84 Å². The average molecular weight is 181 g/mol. The van der Waals surface area contributed by atoms with Crippen molar-refractivity contribution in [3.05, 3.63) is 24.0 Å². The monoisotopic (exact) mass is 181 g/mol. The van der Waals surface area contributed by atoms with Crippen LogP contribution in [0.1, 0.15) is 32.4 Å². The maximum atomic E-state index is 9.40. The van der Waals surface area contributed by atoms with Crippen LogP contribution in [-0.2, 0) is 0 Å². The highest BCUT2D eigenvalue weighted by molar-refractivity contribution is 5.31. The highest BCUT2D eigenvalue weighted by Gasteiger charge is 2.09. The zero-order valence-electron chi connectivity index (χ0n) is 8.19. The minimum Gasteiger partial charge on any atom is -0.491 e. The smallest absolute Gasteiger partial charge is 0.128 e. The molecule has 1 aromatic heterocycles. The van der Waals surface area contributed by atoms with E-state index in [0.717, 1.165) is 5.56 Å². The summed E-state index contributed by atoms with van der Waals surface area (Å²) in [5.41, 5.74) is 0.733. The van der Waals surface area contributed by atoms with Crippen LogP contribution in [0.4, 0.5) is 0 Å². The van der Waals surface area contributed by atoms with Gasteiger partial charge in [0.05, 0.1) is 12.2 Å². The van der Waals surface area contributed by atoms with E-state index in [1.54, 1.807) is 25.4 Å². The number of pyridine rings is 1. The molecule has 0 aliphatic rings. The molecule has 0 fully saturated rings. The molecule has 1 unspecified atom stereocenters. The summed E-state index contributed by atoms with van der Waals surface area (Å²) < 4.78 is 5.51. The molecule has 0 aliphatic heterocycles. The van der Waals surface area contributed by atoms with Gasteiger partial charge in [-0.05, 0) is 26.8 Å². The maximum absolute atomic E-state index is 9.40. The predicted molar refractivity (Wildman–Crippen MR) is 50.6 cm³/mol. The molecule has 13 heavy (non-hydrogen) atoms. The summed E-state index contributed by atoms with van der Waals surface area (Å²) in [5, 5.41) is 9.40. The van der Waals surface area contributed by atoms with Crippen LogP contribution in [0.5, 0.6) is 5.75 Å². The normalized spacial score (nSPS) is 13.0. The van der Waals surface area contributed by atoms with Crippen molar-refractivity contribution in [3.63, 3.8) is 0 Å². The number of nitrogens with zero attached hydrogens (tertiary/aromatic N) is 1. The van der Waals surface area contributed by atoms with Gasteiger partial charge in [0.25, 0.3) is 0 Å². The Morgan fingerprint density at radius 2 is 2.08 bits per heavy atom. The summed E-state index contributed by atoms with van der Waals surface area (Å²) >= 11 is 0. The number of aromatic nitrogens is 1. The molecule has 1 atom stereocenters. The van der Waals surface area contributed by atoms with E-state index in [-0.39, 0.29) is 6.10 Å². The molecule has 0 amide bonds. The summed E-state index contributed by atoms with van der Waals surface area (Å²) in [7, 11) is 0. The zero-order chi connectivity index (χ0) is 9.84. The van der Waals surface area contributed by atoms with Crippen molar-refractivity contribution in [1.29, 1.82) is 0 Å². The Balaban J connectivity index is 2.91. The van der Waals surface area contributed by atoms with Gasteiger partial charge in [-0.15, -0.1) is 0 Å². The molecule has 0 aliphatic carbocycles. The molecular formula is C10H15NO2. The van der Waals surface area contributed by atoms with Crippen LogP contribution in [0, 0.1) is 0 Å². The van der Waals surface area contributed by atoms with Crippen molar-refractivity contribution in [2.45, 2.75) is 33.0 Å². The third-order valence-electron chi connectivity index (χ3n) is 1.62. The van der Waals surface area contributed by atoms with Crippen molar-refractivity contribution >= 4 is 0 Å². The topological polar surface area (TPSA) is 42.4 Å². The Labute approximate surface area is 78.4 Å². The lowest BCUT2D eigenvalue weighted by molar-refractivity contribution is 0.182. The van der Waals surface area contributed by atoms with Gasteiger partial charge >= 0.3 is 0 Å². The molecule has 1 N–H and O–H groups in total. The maximum Gasteiger partial charge on any atom is 0.128 e. The number of aliphatic hydroxyl groups is 1. The van der Waals surface area contributed by atoms with Crippen LogP contribution in [-0.4, -0.2) is 16.2 Å². The quantitative estimate of drug-likeness (QED) is 0.774. The SMILES string of the molecule is CC(C)Oc1ccncc1C(C)O. The molecule has 0 aromatic carbocycles. The summed E-state index contributed by atoms with van der Waals surface area (Å²) in [5.74, 6) is 0.708.